The van der Waals surface area contributed by atoms with Crippen molar-refractivity contribution in [3.63, 3.8) is 0 Å². The van der Waals surface area contributed by atoms with Gasteiger partial charge in [-0.15, -0.1) is 0 Å². The number of alkyl halides is 6. The van der Waals surface area contributed by atoms with E-state index in [0.29, 0.717) is 0 Å². The summed E-state index contributed by atoms with van der Waals surface area (Å²) in [4.78, 5) is 40.7. The van der Waals surface area contributed by atoms with Gasteiger partial charge >= 0.3 is 18.3 Å². The van der Waals surface area contributed by atoms with E-state index in [1.165, 1.54) is 21.0 Å². The zero-order valence-electron chi connectivity index (χ0n) is 21.5. The van der Waals surface area contributed by atoms with Crippen LogP contribution in [0.5, 0.6) is 0 Å². The first-order valence-corrected chi connectivity index (χ1v) is 11.6. The molecule has 0 radical (unpaired) electrons. The number of methoxy groups -OCH3 is 1. The first kappa shape index (κ1) is 33.8. The van der Waals surface area contributed by atoms with Crippen molar-refractivity contribution in [3.05, 3.63) is 35.9 Å². The van der Waals surface area contributed by atoms with Crippen LogP contribution < -0.4 is 11.1 Å². The summed E-state index contributed by atoms with van der Waals surface area (Å²) >= 11 is 0. The molecule has 15 heteroatoms. The van der Waals surface area contributed by atoms with E-state index in [0.717, 1.165) is 5.56 Å². The highest BCUT2D eigenvalue weighted by Crippen LogP contribution is 2.35. The van der Waals surface area contributed by atoms with Gasteiger partial charge in [0, 0.05) is 13.7 Å². The number of nitrogens with two attached hydrogens (primary N) is 1. The molecule has 0 fully saturated rings. The maximum atomic E-state index is 12.7. The lowest BCUT2D eigenvalue weighted by atomic mass is 10.0. The molecule has 0 saturated heterocycles. The van der Waals surface area contributed by atoms with E-state index < -0.39 is 54.4 Å². The standard InChI is InChI=1S/C24H31F6N3O6/c1-22(2,37-3)21(36)33-16(17(34)14-39-20(23(25,26)27)24(28,29)30)10-7-11-32-18(31)12-19(35)38-13-15-8-5-4-6-9-15/h4-6,8-9,16,20H,7,10-14H2,1-3H3,(H2,31,32)(H,33,36). The lowest BCUT2D eigenvalue weighted by Gasteiger charge is -2.27. The molecule has 1 rings (SSSR count). The van der Waals surface area contributed by atoms with Crippen LogP contribution in [-0.2, 0) is 35.2 Å². The van der Waals surface area contributed by atoms with E-state index in [9.17, 15) is 40.7 Å². The van der Waals surface area contributed by atoms with Crippen molar-refractivity contribution >= 4 is 23.5 Å². The Hall–Kier alpha value is -3.20. The number of amides is 1. The molecule has 1 atom stereocenters. The van der Waals surface area contributed by atoms with Gasteiger partial charge in [0.2, 0.25) is 6.10 Å². The third kappa shape index (κ3) is 12.5. The zero-order valence-corrected chi connectivity index (χ0v) is 21.5. The average Bonchev–Trinajstić information content (AvgIpc) is 2.83. The van der Waals surface area contributed by atoms with Crippen LogP contribution in [0.4, 0.5) is 26.3 Å². The minimum absolute atomic E-state index is 0.0197. The Kier molecular flexibility index (Phi) is 12.9. The molecule has 0 aliphatic carbocycles. The zero-order chi connectivity index (χ0) is 29.9. The van der Waals surface area contributed by atoms with Crippen molar-refractivity contribution in [2.24, 2.45) is 10.7 Å². The van der Waals surface area contributed by atoms with Gasteiger partial charge in [-0.2, -0.15) is 26.3 Å². The second-order valence-corrected chi connectivity index (χ2v) is 8.82. The Morgan fingerprint density at radius 1 is 1.03 bits per heavy atom. The van der Waals surface area contributed by atoms with E-state index in [4.69, 9.17) is 15.2 Å². The molecule has 39 heavy (non-hydrogen) atoms. The van der Waals surface area contributed by atoms with Gasteiger partial charge in [0.1, 0.15) is 31.1 Å². The third-order valence-electron chi connectivity index (χ3n) is 5.27. The van der Waals surface area contributed by atoms with Crippen LogP contribution in [-0.4, -0.2) is 73.9 Å². The molecule has 1 unspecified atom stereocenters. The van der Waals surface area contributed by atoms with Crippen molar-refractivity contribution in [2.45, 2.75) is 69.8 Å². The van der Waals surface area contributed by atoms with Gasteiger partial charge < -0.3 is 25.3 Å². The van der Waals surface area contributed by atoms with Gasteiger partial charge in [0.25, 0.3) is 5.91 Å². The predicted molar refractivity (Wildman–Crippen MR) is 126 cm³/mol. The van der Waals surface area contributed by atoms with Crippen LogP contribution in [0.2, 0.25) is 0 Å². The van der Waals surface area contributed by atoms with E-state index in [-0.39, 0.29) is 38.2 Å². The molecule has 9 nitrogen and oxygen atoms in total. The van der Waals surface area contributed by atoms with Gasteiger partial charge in [0.05, 0.1) is 6.04 Å². The molecule has 1 aromatic rings. The molecule has 220 valence electrons. The number of carbonyl (C=O) groups is 3. The number of ketones is 1. The van der Waals surface area contributed by atoms with E-state index >= 15 is 0 Å². The fourth-order valence-corrected chi connectivity index (χ4v) is 2.89. The summed E-state index contributed by atoms with van der Waals surface area (Å²) in [6, 6.07) is 7.34. The Morgan fingerprint density at radius 3 is 2.15 bits per heavy atom. The van der Waals surface area contributed by atoms with Crippen LogP contribution >= 0.6 is 0 Å². The quantitative estimate of drug-likeness (QED) is 0.109. The first-order chi connectivity index (χ1) is 18.0. The van der Waals surface area contributed by atoms with E-state index in [1.807, 2.05) is 0 Å². The molecule has 0 saturated carbocycles. The summed E-state index contributed by atoms with van der Waals surface area (Å²) in [6.07, 6.45) is -16.3. The highest BCUT2D eigenvalue weighted by atomic mass is 19.4. The largest absolute Gasteiger partial charge is 0.460 e. The van der Waals surface area contributed by atoms with Crippen LogP contribution in [0.25, 0.3) is 0 Å². The van der Waals surface area contributed by atoms with Gasteiger partial charge in [-0.1, -0.05) is 30.3 Å². The number of benzene rings is 1. The number of esters is 1. The summed E-state index contributed by atoms with van der Waals surface area (Å²) < 4.78 is 90.3. The van der Waals surface area contributed by atoms with Gasteiger partial charge in [-0.05, 0) is 32.3 Å². The predicted octanol–water partition coefficient (Wildman–Crippen LogP) is 3.25. The Labute approximate surface area is 221 Å². The molecule has 0 aromatic heterocycles. The molecule has 0 bridgehead atoms. The smallest absolute Gasteiger partial charge is 0.423 e. The SMILES string of the molecule is COC(C)(C)C(=O)NC(CCCN=C(N)CC(=O)OCc1ccccc1)C(=O)COC(C(F)(F)F)C(F)(F)F. The number of hydrogen-bond acceptors (Lipinski definition) is 7. The number of carbonyl (C=O) groups excluding carboxylic acids is 3. The van der Waals surface area contributed by atoms with E-state index in [2.05, 4.69) is 15.0 Å². The van der Waals surface area contributed by atoms with Gasteiger partial charge in [-0.25, -0.2) is 0 Å². The lowest BCUT2D eigenvalue weighted by molar-refractivity contribution is -0.319. The number of nitrogens with zero attached hydrogens (tertiary/aromatic N) is 1. The number of hydrogen-bond donors (Lipinski definition) is 2. The lowest BCUT2D eigenvalue weighted by Crippen LogP contribution is -2.52. The van der Waals surface area contributed by atoms with Crippen molar-refractivity contribution in [3.8, 4) is 0 Å². The number of ether oxygens (including phenoxy) is 3. The maximum Gasteiger partial charge on any atom is 0.423 e. The number of rotatable bonds is 15. The molecule has 1 aromatic carbocycles. The minimum Gasteiger partial charge on any atom is -0.460 e. The van der Waals surface area contributed by atoms with Crippen molar-refractivity contribution in [2.75, 3.05) is 20.3 Å². The number of halogens is 6. The number of amidine groups is 1. The second-order valence-electron chi connectivity index (χ2n) is 8.82. The molecular formula is C24H31F6N3O6. The van der Waals surface area contributed by atoms with Crippen LogP contribution in [0.15, 0.2) is 35.3 Å². The van der Waals surface area contributed by atoms with Crippen LogP contribution in [0.3, 0.4) is 0 Å². The van der Waals surface area contributed by atoms with Crippen molar-refractivity contribution in [1.82, 2.24) is 5.32 Å². The van der Waals surface area contributed by atoms with Gasteiger partial charge in [-0.3, -0.25) is 19.4 Å². The van der Waals surface area contributed by atoms with Crippen molar-refractivity contribution < 1.29 is 54.9 Å². The van der Waals surface area contributed by atoms with Gasteiger partial charge in [0.15, 0.2) is 5.78 Å². The topological polar surface area (TPSA) is 129 Å². The molecule has 0 aliphatic rings. The summed E-state index contributed by atoms with van der Waals surface area (Å²) in [6.45, 7) is 1.07. The summed E-state index contributed by atoms with van der Waals surface area (Å²) in [5, 5.41) is 2.25. The van der Waals surface area contributed by atoms with Crippen LogP contribution in [0, 0.1) is 0 Å². The maximum absolute atomic E-state index is 12.7. The van der Waals surface area contributed by atoms with Crippen molar-refractivity contribution in [1.29, 1.82) is 0 Å². The summed E-state index contributed by atoms with van der Waals surface area (Å²) in [5.41, 5.74) is 5.01. The Morgan fingerprint density at radius 2 is 1.62 bits per heavy atom. The fourth-order valence-electron chi connectivity index (χ4n) is 2.89. The molecule has 0 aliphatic heterocycles. The Bertz CT molecular complexity index is 969. The third-order valence-corrected chi connectivity index (χ3v) is 5.27. The first-order valence-electron chi connectivity index (χ1n) is 11.6. The monoisotopic (exact) mass is 571 g/mol. The fraction of sp³-hybridized carbons (Fsp3) is 0.583. The van der Waals surface area contributed by atoms with E-state index in [1.54, 1.807) is 30.3 Å². The molecule has 1 amide bonds. The number of aliphatic imine (C=N–C) groups is 1. The number of nitrogens with one attached hydrogen (secondary N) is 1. The summed E-state index contributed by atoms with van der Waals surface area (Å²) in [5.74, 6) is -2.81. The number of Topliss-reactive ketones (excluding diaryl/α,β-unsaturated/α-hetero) is 1. The molecule has 0 spiro atoms. The molecule has 3 N–H and O–H groups in total. The Balaban J connectivity index is 2.75. The summed E-state index contributed by atoms with van der Waals surface area (Å²) in [7, 11) is 1.19. The highest BCUT2D eigenvalue weighted by molar-refractivity contribution is 5.96. The minimum atomic E-state index is -5.80. The second kappa shape index (κ2) is 14.8. The molecule has 0 heterocycles. The molecular weight excluding hydrogens is 540 g/mol. The highest BCUT2D eigenvalue weighted by Gasteiger charge is 2.58. The average molecular weight is 572 g/mol. The van der Waals surface area contributed by atoms with Crippen LogP contribution in [0.1, 0.15) is 38.7 Å². The normalized spacial score (nSPS) is 13.7.